The highest BCUT2D eigenvalue weighted by molar-refractivity contribution is 14.2. The lowest BCUT2D eigenvalue weighted by molar-refractivity contribution is 0.0953. The van der Waals surface area contributed by atoms with E-state index in [1.165, 1.54) is 1.33 Å². The van der Waals surface area contributed by atoms with Crippen molar-refractivity contribution in [1.82, 2.24) is 4.86 Å². The number of halogens is 3. The number of nitrogen functional groups attached to an aromatic ring is 1. The number of nitrogens with two attached hydrogens (primary N) is 1. The predicted octanol–water partition coefficient (Wildman–Crippen LogP) is 2.49. The lowest BCUT2D eigenvalue weighted by atomic mass is 10.1. The smallest absolute Gasteiger partial charge is 0.273 e. The lowest BCUT2D eigenvalue weighted by Crippen LogP contribution is -2.18. The van der Waals surface area contributed by atoms with Gasteiger partial charge in [-0.3, -0.25) is 13.1 Å². The first kappa shape index (κ1) is 14.2. The second kappa shape index (κ2) is 6.18. The van der Waals surface area contributed by atoms with Crippen molar-refractivity contribution < 1.29 is 9.59 Å². The predicted molar refractivity (Wildman–Crippen MR) is 86.6 cm³/mol. The number of carbonyl (C=O) groups is 2. The fourth-order valence-corrected chi connectivity index (χ4v) is 1.90. The van der Waals surface area contributed by atoms with Crippen molar-refractivity contribution in [2.45, 2.75) is 0 Å². The topological polar surface area (TPSA) is 75.4 Å². The first-order chi connectivity index (χ1) is 7.49. The second-order valence-corrected chi connectivity index (χ2v) is 7.04. The number of hydrogen-bond donors (Lipinski definition) is 2. The number of hydrogen-bond acceptors (Lipinski definition) is 3. The number of anilines is 1. The summed E-state index contributed by atoms with van der Waals surface area (Å²) in [6.07, 6.45) is 0. The normalized spacial score (nSPS) is 9.69. The van der Waals surface area contributed by atoms with E-state index in [1.54, 1.807) is 41.1 Å². The zero-order valence-corrected chi connectivity index (χ0v) is 14.2. The van der Waals surface area contributed by atoms with Crippen molar-refractivity contribution in [2.24, 2.45) is 0 Å². The molecular weight excluding hydrogens is 551 g/mol. The number of carbonyl (C=O) groups excluding carboxylic acids is 2. The molecule has 0 aliphatic carbocycles. The molecule has 86 valence electrons. The molecule has 0 spiro atoms. The van der Waals surface area contributed by atoms with Gasteiger partial charge in [0.05, 0.1) is 85.4 Å². The molecule has 0 aliphatic heterocycles. The van der Waals surface area contributed by atoms with E-state index in [9.17, 15) is 9.59 Å². The van der Waals surface area contributed by atoms with E-state index >= 15 is 0 Å². The van der Waals surface area contributed by atoms with Crippen molar-refractivity contribution in [3.8, 4) is 0 Å². The van der Waals surface area contributed by atoms with Crippen LogP contribution in [0.4, 0.5) is 5.69 Å². The third-order valence-corrected chi connectivity index (χ3v) is 3.19. The average Bonchev–Trinajstić information content (AvgIpc) is 2.27. The maximum atomic E-state index is 11.7. The Morgan fingerprint density at radius 1 is 1.25 bits per heavy atom. The third-order valence-electron chi connectivity index (χ3n) is 1.82. The molecule has 0 saturated carbocycles. The van der Waals surface area contributed by atoms with Crippen molar-refractivity contribution >= 4 is 86.1 Å². The van der Waals surface area contributed by atoms with Crippen LogP contribution in [0.2, 0.25) is 0 Å². The first-order valence-electron chi connectivity index (χ1n) is 3.94. The monoisotopic (exact) mass is 557 g/mol. The van der Waals surface area contributed by atoms with Crippen LogP contribution in [0.5, 0.6) is 0 Å². The summed E-state index contributed by atoms with van der Waals surface area (Å²) < 4.78 is 3.79. The molecule has 0 bridgehead atoms. The van der Waals surface area contributed by atoms with Crippen LogP contribution in [0.15, 0.2) is 18.2 Å². The van der Waals surface area contributed by atoms with Gasteiger partial charge in [-0.25, -0.2) is 1.33 Å². The Kier molecular flexibility index (Phi) is 5.49. The van der Waals surface area contributed by atoms with Gasteiger partial charge in [-0.05, 0) is 12.1 Å². The zero-order valence-electron chi connectivity index (χ0n) is 7.71. The Morgan fingerprint density at radius 2 is 1.81 bits per heavy atom. The minimum atomic E-state index is -0.318. The second-order valence-electron chi connectivity index (χ2n) is 2.73. The quantitative estimate of drug-likeness (QED) is 0.334. The van der Waals surface area contributed by atoms with Crippen molar-refractivity contribution in [3.63, 3.8) is 0 Å². The fourth-order valence-electron chi connectivity index (χ4n) is 1.09. The SMILES string of the molecule is Nc1c(C(=O)NI)cccc1C(=O)N(I)I. The number of nitrogens with zero attached hydrogens (tertiary/aromatic N) is 1. The van der Waals surface area contributed by atoms with Crippen LogP contribution < -0.4 is 9.26 Å². The molecule has 16 heavy (non-hydrogen) atoms. The molecule has 0 unspecified atom stereocenters. The molecule has 3 N–H and O–H groups in total. The molecule has 0 atom stereocenters. The standard InChI is InChI=1S/C8H6I3N3O2/c9-13-7(15)4-2-1-3-5(6(4)12)8(16)14(10)11/h1-3H,12H2,(H,13,15). The van der Waals surface area contributed by atoms with Gasteiger partial charge in [-0.2, -0.15) is 0 Å². The molecule has 0 fully saturated rings. The van der Waals surface area contributed by atoms with Gasteiger partial charge in [0.15, 0.2) is 0 Å². The molecule has 1 aromatic carbocycles. The van der Waals surface area contributed by atoms with Crippen LogP contribution in [0.3, 0.4) is 0 Å². The highest BCUT2D eigenvalue weighted by Gasteiger charge is 2.18. The summed E-state index contributed by atoms with van der Waals surface area (Å²) in [4.78, 5) is 23.2. The molecule has 0 heterocycles. The lowest BCUT2D eigenvalue weighted by Gasteiger charge is -2.10. The van der Waals surface area contributed by atoms with Crippen LogP contribution in [0.1, 0.15) is 20.7 Å². The average molecular weight is 557 g/mol. The van der Waals surface area contributed by atoms with E-state index in [2.05, 4.69) is 3.53 Å². The molecule has 2 amide bonds. The molecular formula is C8H6I3N3O2. The minimum Gasteiger partial charge on any atom is -0.397 e. The molecule has 0 aliphatic rings. The van der Waals surface area contributed by atoms with Gasteiger partial charge >= 0.3 is 0 Å². The summed E-state index contributed by atoms with van der Waals surface area (Å²) in [6.45, 7) is 0. The Morgan fingerprint density at radius 3 is 2.31 bits per heavy atom. The van der Waals surface area contributed by atoms with E-state index in [0.717, 1.165) is 0 Å². The Balaban J connectivity index is 3.24. The van der Waals surface area contributed by atoms with Gasteiger partial charge in [0.2, 0.25) is 0 Å². The molecule has 1 rings (SSSR count). The van der Waals surface area contributed by atoms with Gasteiger partial charge in [0.25, 0.3) is 11.8 Å². The van der Waals surface area contributed by atoms with E-state index < -0.39 is 0 Å². The van der Waals surface area contributed by atoms with Crippen LogP contribution in [0, 0.1) is 0 Å². The van der Waals surface area contributed by atoms with Gasteiger partial charge in [-0.15, -0.1) is 0 Å². The summed E-state index contributed by atoms with van der Waals surface area (Å²) in [6, 6.07) is 4.79. The van der Waals surface area contributed by atoms with Crippen LogP contribution in [0.25, 0.3) is 0 Å². The van der Waals surface area contributed by atoms with Gasteiger partial charge in [0, 0.05) is 0 Å². The summed E-state index contributed by atoms with van der Waals surface area (Å²) in [5, 5.41) is 0. The minimum absolute atomic E-state index is 0.194. The molecule has 0 saturated heterocycles. The molecule has 5 nitrogen and oxygen atoms in total. The highest BCUT2D eigenvalue weighted by atomic mass is 127. The van der Waals surface area contributed by atoms with Crippen LogP contribution >= 0.6 is 68.6 Å². The molecule has 0 radical (unpaired) electrons. The van der Waals surface area contributed by atoms with Crippen LogP contribution in [-0.4, -0.2) is 13.1 Å². The van der Waals surface area contributed by atoms with Gasteiger partial charge in [-0.1, -0.05) is 6.07 Å². The van der Waals surface area contributed by atoms with Crippen molar-refractivity contribution in [1.29, 1.82) is 0 Å². The Bertz CT molecular complexity index is 437. The molecule has 8 heteroatoms. The maximum absolute atomic E-state index is 11.7. The van der Waals surface area contributed by atoms with E-state index in [1.807, 2.05) is 45.7 Å². The number of para-hydroxylation sites is 1. The fraction of sp³-hybridized carbons (Fsp3) is 0. The maximum Gasteiger partial charge on any atom is 0.273 e. The summed E-state index contributed by atoms with van der Waals surface area (Å²) in [7, 11) is 0. The first-order valence-corrected chi connectivity index (χ1v) is 6.95. The number of amides is 2. The van der Waals surface area contributed by atoms with E-state index in [-0.39, 0.29) is 17.5 Å². The number of nitrogens with one attached hydrogen (secondary N) is 1. The van der Waals surface area contributed by atoms with E-state index in [0.29, 0.717) is 11.1 Å². The largest absolute Gasteiger partial charge is 0.397 e. The highest BCUT2D eigenvalue weighted by Crippen LogP contribution is 2.22. The molecule has 0 aromatic heterocycles. The summed E-state index contributed by atoms with van der Waals surface area (Å²) in [5.74, 6) is -0.567. The summed E-state index contributed by atoms with van der Waals surface area (Å²) >= 11 is 5.40. The van der Waals surface area contributed by atoms with Gasteiger partial charge < -0.3 is 5.73 Å². The number of benzene rings is 1. The summed E-state index contributed by atoms with van der Waals surface area (Å²) in [5.41, 5.74) is 6.60. The van der Waals surface area contributed by atoms with Crippen molar-refractivity contribution in [2.75, 3.05) is 5.73 Å². The third kappa shape index (κ3) is 3.09. The molecule has 1 aromatic rings. The van der Waals surface area contributed by atoms with E-state index in [4.69, 9.17) is 5.73 Å². The zero-order chi connectivity index (χ0) is 12.3. The van der Waals surface area contributed by atoms with Gasteiger partial charge in [0.1, 0.15) is 0 Å². The van der Waals surface area contributed by atoms with Crippen LogP contribution in [-0.2, 0) is 0 Å². The Hall–Kier alpha value is 0.150. The van der Waals surface area contributed by atoms with Crippen molar-refractivity contribution in [3.05, 3.63) is 29.3 Å². The Labute approximate surface area is 134 Å². The number of rotatable bonds is 2.